The Bertz CT molecular complexity index is 486. The Labute approximate surface area is 135 Å². The fourth-order valence-corrected chi connectivity index (χ4v) is 4.03. The molecule has 0 aromatic heterocycles. The highest BCUT2D eigenvalue weighted by atomic mass is 79.9. The Morgan fingerprint density at radius 3 is 2.95 bits per heavy atom. The van der Waals surface area contributed by atoms with E-state index in [1.165, 1.54) is 31.2 Å². The average Bonchev–Trinajstić information content (AvgIpc) is 2.90. The summed E-state index contributed by atoms with van der Waals surface area (Å²) in [6.45, 7) is 1.66. The molecule has 4 heteroatoms. The van der Waals surface area contributed by atoms with Gasteiger partial charge in [-0.1, -0.05) is 28.8 Å². The summed E-state index contributed by atoms with van der Waals surface area (Å²) in [5.74, 6) is 1.01. The van der Waals surface area contributed by atoms with Crippen LogP contribution in [0.4, 0.5) is 0 Å². The molecular weight excluding hydrogens is 330 g/mol. The zero-order chi connectivity index (χ0) is 14.7. The minimum Gasteiger partial charge on any atom is -0.490 e. The monoisotopic (exact) mass is 353 g/mol. The fourth-order valence-electron chi connectivity index (χ4n) is 3.62. The van der Waals surface area contributed by atoms with Crippen LogP contribution in [0.2, 0.25) is 0 Å². The lowest BCUT2D eigenvalue weighted by Gasteiger charge is -2.38. The molecule has 1 aliphatic carbocycles. The summed E-state index contributed by atoms with van der Waals surface area (Å²) in [4.78, 5) is 0. The summed E-state index contributed by atoms with van der Waals surface area (Å²) in [5.41, 5.74) is 1.32. The highest BCUT2D eigenvalue weighted by Gasteiger charge is 2.40. The Balaban J connectivity index is 1.71. The van der Waals surface area contributed by atoms with E-state index in [1.807, 2.05) is 7.05 Å². The van der Waals surface area contributed by atoms with Gasteiger partial charge < -0.3 is 14.8 Å². The number of hydrogen-bond acceptors (Lipinski definition) is 3. The summed E-state index contributed by atoms with van der Waals surface area (Å²) >= 11 is 3.54. The molecule has 2 aliphatic rings. The van der Waals surface area contributed by atoms with Gasteiger partial charge in [0.15, 0.2) is 0 Å². The highest BCUT2D eigenvalue weighted by molar-refractivity contribution is 9.10. The number of hydrogen-bond donors (Lipinski definition) is 1. The van der Waals surface area contributed by atoms with Crippen LogP contribution >= 0.6 is 15.9 Å². The van der Waals surface area contributed by atoms with E-state index in [2.05, 4.69) is 39.4 Å². The standard InChI is InChI=1S/C17H24BrNO2/c1-19-12-13-10-14(18)4-5-16(13)21-15-6-9-20-17(11-15)7-2-3-8-17/h4-5,10,15,19H,2-3,6-9,11-12H2,1H3. The maximum atomic E-state index is 6.34. The van der Waals surface area contributed by atoms with Crippen LogP contribution in [-0.4, -0.2) is 25.4 Å². The Hall–Kier alpha value is -0.580. The van der Waals surface area contributed by atoms with Gasteiger partial charge in [0.25, 0.3) is 0 Å². The second-order valence-corrected chi connectivity index (χ2v) is 7.17. The van der Waals surface area contributed by atoms with Crippen LogP contribution in [0.5, 0.6) is 5.75 Å². The summed E-state index contributed by atoms with van der Waals surface area (Å²) < 4.78 is 13.5. The van der Waals surface area contributed by atoms with Crippen molar-refractivity contribution in [1.29, 1.82) is 0 Å². The Kier molecular flexibility index (Phi) is 4.87. The first kappa shape index (κ1) is 15.3. The molecule has 3 nitrogen and oxygen atoms in total. The third-order valence-corrected chi connectivity index (χ3v) is 5.14. The van der Waals surface area contributed by atoms with E-state index < -0.39 is 0 Å². The molecule has 1 atom stereocenters. The molecule has 1 unspecified atom stereocenters. The van der Waals surface area contributed by atoms with Crippen LogP contribution in [0.1, 0.15) is 44.1 Å². The van der Waals surface area contributed by atoms with E-state index in [-0.39, 0.29) is 11.7 Å². The number of halogens is 1. The Morgan fingerprint density at radius 1 is 1.38 bits per heavy atom. The molecule has 0 radical (unpaired) electrons. The largest absolute Gasteiger partial charge is 0.490 e. The van der Waals surface area contributed by atoms with E-state index in [9.17, 15) is 0 Å². The molecule has 1 aliphatic heterocycles. The molecule has 0 amide bonds. The van der Waals surface area contributed by atoms with Gasteiger partial charge in [-0.25, -0.2) is 0 Å². The topological polar surface area (TPSA) is 30.5 Å². The minimum atomic E-state index is 0.113. The average molecular weight is 354 g/mol. The van der Waals surface area contributed by atoms with Crippen molar-refractivity contribution in [2.24, 2.45) is 0 Å². The lowest BCUT2D eigenvalue weighted by atomic mass is 9.90. The third kappa shape index (κ3) is 3.61. The van der Waals surface area contributed by atoms with E-state index in [1.54, 1.807) is 0 Å². The second-order valence-electron chi connectivity index (χ2n) is 6.25. The van der Waals surface area contributed by atoms with E-state index in [4.69, 9.17) is 9.47 Å². The van der Waals surface area contributed by atoms with Crippen LogP contribution in [0.3, 0.4) is 0 Å². The molecule has 1 spiro atoms. The van der Waals surface area contributed by atoms with Gasteiger partial charge in [0.05, 0.1) is 12.2 Å². The van der Waals surface area contributed by atoms with Crippen LogP contribution < -0.4 is 10.1 Å². The van der Waals surface area contributed by atoms with Crippen molar-refractivity contribution in [2.45, 2.75) is 56.8 Å². The molecule has 1 N–H and O–H groups in total. The zero-order valence-electron chi connectivity index (χ0n) is 12.7. The van der Waals surface area contributed by atoms with Crippen molar-refractivity contribution in [3.05, 3.63) is 28.2 Å². The molecule has 2 fully saturated rings. The predicted octanol–water partition coefficient (Wildman–Crippen LogP) is 4.04. The molecule has 3 rings (SSSR count). The number of ether oxygens (including phenoxy) is 2. The smallest absolute Gasteiger partial charge is 0.124 e. The first-order chi connectivity index (χ1) is 10.2. The van der Waals surface area contributed by atoms with Crippen LogP contribution in [0.25, 0.3) is 0 Å². The minimum absolute atomic E-state index is 0.113. The first-order valence-electron chi connectivity index (χ1n) is 7.94. The molecule has 116 valence electrons. The molecule has 0 bridgehead atoms. The number of benzene rings is 1. The normalized spacial score (nSPS) is 24.4. The van der Waals surface area contributed by atoms with Crippen LogP contribution in [-0.2, 0) is 11.3 Å². The van der Waals surface area contributed by atoms with E-state index in [0.29, 0.717) is 0 Å². The number of rotatable bonds is 4. The van der Waals surface area contributed by atoms with Crippen LogP contribution in [0, 0.1) is 0 Å². The van der Waals surface area contributed by atoms with Gasteiger partial charge in [-0.2, -0.15) is 0 Å². The van der Waals surface area contributed by atoms with Gasteiger partial charge in [0, 0.05) is 29.4 Å². The van der Waals surface area contributed by atoms with Gasteiger partial charge >= 0.3 is 0 Å². The first-order valence-corrected chi connectivity index (χ1v) is 8.74. The lowest BCUT2D eigenvalue weighted by molar-refractivity contribution is -0.108. The lowest BCUT2D eigenvalue weighted by Crippen LogP contribution is -2.41. The van der Waals surface area contributed by atoms with Gasteiger partial charge in [0.2, 0.25) is 0 Å². The molecule has 1 saturated heterocycles. The van der Waals surface area contributed by atoms with E-state index in [0.717, 1.165) is 36.2 Å². The summed E-state index contributed by atoms with van der Waals surface area (Å²) in [5, 5.41) is 3.21. The summed E-state index contributed by atoms with van der Waals surface area (Å²) in [6, 6.07) is 6.27. The van der Waals surface area contributed by atoms with Crippen molar-refractivity contribution < 1.29 is 9.47 Å². The predicted molar refractivity (Wildman–Crippen MR) is 87.7 cm³/mol. The van der Waals surface area contributed by atoms with Crippen molar-refractivity contribution in [3.63, 3.8) is 0 Å². The zero-order valence-corrected chi connectivity index (χ0v) is 14.2. The molecular formula is C17H24BrNO2. The van der Waals surface area contributed by atoms with Crippen molar-refractivity contribution >= 4 is 15.9 Å². The Morgan fingerprint density at radius 2 is 2.19 bits per heavy atom. The van der Waals surface area contributed by atoms with Gasteiger partial charge in [-0.05, 0) is 38.1 Å². The van der Waals surface area contributed by atoms with E-state index >= 15 is 0 Å². The van der Waals surface area contributed by atoms with Crippen molar-refractivity contribution in [3.8, 4) is 5.75 Å². The second kappa shape index (κ2) is 6.67. The third-order valence-electron chi connectivity index (χ3n) is 4.65. The van der Waals surface area contributed by atoms with Gasteiger partial charge in [-0.15, -0.1) is 0 Å². The van der Waals surface area contributed by atoms with Crippen molar-refractivity contribution in [2.75, 3.05) is 13.7 Å². The molecule has 1 aromatic rings. The fraction of sp³-hybridized carbons (Fsp3) is 0.647. The summed E-state index contributed by atoms with van der Waals surface area (Å²) in [6.07, 6.45) is 7.34. The van der Waals surface area contributed by atoms with Gasteiger partial charge in [0.1, 0.15) is 11.9 Å². The quantitative estimate of drug-likeness (QED) is 0.885. The molecule has 21 heavy (non-hydrogen) atoms. The molecule has 1 aromatic carbocycles. The maximum Gasteiger partial charge on any atom is 0.124 e. The van der Waals surface area contributed by atoms with Gasteiger partial charge in [-0.3, -0.25) is 0 Å². The molecule has 1 saturated carbocycles. The maximum absolute atomic E-state index is 6.34. The summed E-state index contributed by atoms with van der Waals surface area (Å²) in [7, 11) is 1.96. The SMILES string of the molecule is CNCc1cc(Br)ccc1OC1CCOC2(CCCC2)C1. The molecule has 1 heterocycles. The highest BCUT2D eigenvalue weighted by Crippen LogP contribution is 2.41. The van der Waals surface area contributed by atoms with Crippen LogP contribution in [0.15, 0.2) is 22.7 Å². The number of nitrogens with one attached hydrogen (secondary N) is 1. The van der Waals surface area contributed by atoms with Crippen molar-refractivity contribution in [1.82, 2.24) is 5.32 Å².